The highest BCUT2D eigenvalue weighted by molar-refractivity contribution is 5.81. The van der Waals surface area contributed by atoms with E-state index >= 15 is 0 Å². The van der Waals surface area contributed by atoms with Gasteiger partial charge in [-0.2, -0.15) is 0 Å². The van der Waals surface area contributed by atoms with E-state index in [1.165, 1.54) is 5.56 Å². The number of aromatic nitrogens is 1. The Kier molecular flexibility index (Phi) is 6.97. The Bertz CT molecular complexity index is 1010. The van der Waals surface area contributed by atoms with Crippen LogP contribution in [0.4, 0.5) is 0 Å². The lowest BCUT2D eigenvalue weighted by Crippen LogP contribution is -2.45. The largest absolute Gasteiger partial charge is 0.490 e. The lowest BCUT2D eigenvalue weighted by molar-refractivity contribution is -0.142. The van der Waals surface area contributed by atoms with Gasteiger partial charge in [-0.1, -0.05) is 30.4 Å². The van der Waals surface area contributed by atoms with Crippen molar-refractivity contribution in [2.24, 2.45) is 0 Å². The van der Waals surface area contributed by atoms with Crippen LogP contribution in [0.5, 0.6) is 5.75 Å². The number of benzene rings is 1. The number of ether oxygens (including phenoxy) is 3. The summed E-state index contributed by atoms with van der Waals surface area (Å²) < 4.78 is 18.1. The monoisotopic (exact) mass is 462 g/mol. The Morgan fingerprint density at radius 1 is 1.12 bits per heavy atom. The molecule has 3 atom stereocenters. The molecule has 2 saturated heterocycles. The van der Waals surface area contributed by atoms with Gasteiger partial charge in [0, 0.05) is 44.7 Å². The number of hydrogen-bond acceptors (Lipinski definition) is 5. The molecule has 0 radical (unpaired) electrons. The van der Waals surface area contributed by atoms with Crippen LogP contribution in [0.1, 0.15) is 68.4 Å². The van der Waals surface area contributed by atoms with Gasteiger partial charge in [-0.3, -0.25) is 9.78 Å². The van der Waals surface area contributed by atoms with Gasteiger partial charge in [0.1, 0.15) is 24.1 Å². The van der Waals surface area contributed by atoms with Crippen LogP contribution in [-0.4, -0.2) is 53.8 Å². The number of fused-ring (bicyclic) bond motifs is 1. The molecule has 0 N–H and O–H groups in total. The lowest BCUT2D eigenvalue weighted by Gasteiger charge is -2.33. The molecular weight excluding hydrogens is 428 g/mol. The number of carbonyl (C=O) groups is 1. The maximum absolute atomic E-state index is 12.6. The van der Waals surface area contributed by atoms with Crippen molar-refractivity contribution >= 4 is 12.0 Å². The van der Waals surface area contributed by atoms with Gasteiger partial charge >= 0.3 is 0 Å². The van der Waals surface area contributed by atoms with E-state index in [0.717, 1.165) is 55.8 Å². The topological polar surface area (TPSA) is 60.9 Å². The summed E-state index contributed by atoms with van der Waals surface area (Å²) >= 11 is 0. The first-order valence-corrected chi connectivity index (χ1v) is 12.5. The average molecular weight is 463 g/mol. The van der Waals surface area contributed by atoms with E-state index in [0.29, 0.717) is 6.61 Å². The van der Waals surface area contributed by atoms with Crippen molar-refractivity contribution in [1.82, 2.24) is 9.88 Å². The Balaban J connectivity index is 1.21. The van der Waals surface area contributed by atoms with E-state index < -0.39 is 0 Å². The summed E-state index contributed by atoms with van der Waals surface area (Å²) in [7, 11) is 0. The molecule has 3 aliphatic rings. The third kappa shape index (κ3) is 5.03. The maximum atomic E-state index is 12.6. The zero-order valence-electron chi connectivity index (χ0n) is 20.1. The molecule has 180 valence electrons. The van der Waals surface area contributed by atoms with Gasteiger partial charge in [0.25, 0.3) is 5.91 Å². The van der Waals surface area contributed by atoms with Gasteiger partial charge in [-0.25, -0.2) is 0 Å². The van der Waals surface area contributed by atoms with Gasteiger partial charge in [0.2, 0.25) is 0 Å². The van der Waals surface area contributed by atoms with E-state index in [-0.39, 0.29) is 36.2 Å². The number of likely N-dealkylation sites (tertiary alicyclic amines) is 1. The molecule has 1 aromatic carbocycles. The Hall–Kier alpha value is -2.70. The SMILES string of the molecule is CC(C)OC1c2ncccc2C=CC1c1ccc(OC2CCN(C(=O)[C@H]3CCCO3)CC2)cc1. The second kappa shape index (κ2) is 10.3. The average Bonchev–Trinajstić information content (AvgIpc) is 3.40. The van der Waals surface area contributed by atoms with Gasteiger partial charge in [-0.05, 0) is 56.0 Å². The summed E-state index contributed by atoms with van der Waals surface area (Å²) in [4.78, 5) is 19.1. The highest BCUT2D eigenvalue weighted by Crippen LogP contribution is 2.41. The molecule has 0 bridgehead atoms. The molecule has 0 spiro atoms. The second-order valence-corrected chi connectivity index (χ2v) is 9.68. The van der Waals surface area contributed by atoms with Crippen molar-refractivity contribution < 1.29 is 19.0 Å². The van der Waals surface area contributed by atoms with Crippen molar-refractivity contribution in [2.45, 2.75) is 69.9 Å². The van der Waals surface area contributed by atoms with Crippen molar-refractivity contribution in [3.8, 4) is 5.75 Å². The summed E-state index contributed by atoms with van der Waals surface area (Å²) in [5.74, 6) is 1.12. The smallest absolute Gasteiger partial charge is 0.251 e. The fourth-order valence-corrected chi connectivity index (χ4v) is 5.15. The zero-order valence-corrected chi connectivity index (χ0v) is 20.1. The third-order valence-corrected chi connectivity index (χ3v) is 6.90. The molecule has 1 aliphatic carbocycles. The van der Waals surface area contributed by atoms with Crippen molar-refractivity contribution in [3.63, 3.8) is 0 Å². The molecule has 3 heterocycles. The number of piperidine rings is 1. The Labute approximate surface area is 201 Å². The molecule has 1 aromatic heterocycles. The predicted molar refractivity (Wildman–Crippen MR) is 131 cm³/mol. The van der Waals surface area contributed by atoms with Gasteiger partial charge in [-0.15, -0.1) is 0 Å². The molecule has 2 unspecified atom stereocenters. The van der Waals surface area contributed by atoms with Crippen LogP contribution in [0, 0.1) is 0 Å². The summed E-state index contributed by atoms with van der Waals surface area (Å²) in [5.41, 5.74) is 3.30. The molecule has 5 rings (SSSR count). The van der Waals surface area contributed by atoms with Crippen LogP contribution in [0.15, 0.2) is 48.7 Å². The van der Waals surface area contributed by atoms with Crippen molar-refractivity contribution in [3.05, 3.63) is 65.5 Å². The summed E-state index contributed by atoms with van der Waals surface area (Å²) in [6.45, 7) is 6.29. The first-order valence-electron chi connectivity index (χ1n) is 12.5. The second-order valence-electron chi connectivity index (χ2n) is 9.68. The van der Waals surface area contributed by atoms with Crippen molar-refractivity contribution in [2.75, 3.05) is 19.7 Å². The van der Waals surface area contributed by atoms with Crippen LogP contribution in [0.3, 0.4) is 0 Å². The van der Waals surface area contributed by atoms with E-state index in [9.17, 15) is 4.79 Å². The van der Waals surface area contributed by atoms with Crippen LogP contribution >= 0.6 is 0 Å². The van der Waals surface area contributed by atoms with Gasteiger partial charge in [0.05, 0.1) is 11.8 Å². The zero-order chi connectivity index (χ0) is 23.5. The minimum Gasteiger partial charge on any atom is -0.490 e. The first kappa shape index (κ1) is 23.1. The van der Waals surface area contributed by atoms with Crippen LogP contribution < -0.4 is 4.74 Å². The lowest BCUT2D eigenvalue weighted by atomic mass is 9.85. The number of amides is 1. The number of hydrogen-bond donors (Lipinski definition) is 0. The Morgan fingerprint density at radius 2 is 1.91 bits per heavy atom. The standard InChI is InChI=1S/C28H34N2O4/c1-19(2)33-27-24(12-9-21-5-3-15-29-26(21)27)20-7-10-22(11-8-20)34-23-13-16-30(17-14-23)28(31)25-6-4-18-32-25/h3,5,7-12,15,19,23-25,27H,4,6,13-14,16-18H2,1-2H3/t24?,25-,27?/m1/s1. The summed E-state index contributed by atoms with van der Waals surface area (Å²) in [5, 5.41) is 0. The van der Waals surface area contributed by atoms with E-state index in [4.69, 9.17) is 14.2 Å². The maximum Gasteiger partial charge on any atom is 0.251 e. The third-order valence-electron chi connectivity index (χ3n) is 6.90. The molecule has 0 saturated carbocycles. The molecule has 2 aliphatic heterocycles. The fraction of sp³-hybridized carbons (Fsp3) is 0.500. The molecular formula is C28H34N2O4. The van der Waals surface area contributed by atoms with Crippen LogP contribution in [-0.2, 0) is 14.3 Å². The number of rotatable bonds is 6. The molecule has 1 amide bonds. The normalized spacial score (nSPS) is 24.9. The van der Waals surface area contributed by atoms with Gasteiger partial charge < -0.3 is 19.1 Å². The molecule has 6 nitrogen and oxygen atoms in total. The van der Waals surface area contributed by atoms with Crippen LogP contribution in [0.2, 0.25) is 0 Å². The molecule has 2 fully saturated rings. The minimum absolute atomic E-state index is 0.103. The predicted octanol–water partition coefficient (Wildman–Crippen LogP) is 4.91. The number of pyridine rings is 1. The highest BCUT2D eigenvalue weighted by atomic mass is 16.5. The molecule has 34 heavy (non-hydrogen) atoms. The van der Waals surface area contributed by atoms with Crippen molar-refractivity contribution in [1.29, 1.82) is 0 Å². The van der Waals surface area contributed by atoms with E-state index in [1.54, 1.807) is 0 Å². The molecule has 6 heteroatoms. The van der Waals surface area contributed by atoms with E-state index in [1.807, 2.05) is 29.3 Å². The summed E-state index contributed by atoms with van der Waals surface area (Å²) in [6, 6.07) is 12.4. The molecule has 2 aromatic rings. The van der Waals surface area contributed by atoms with E-state index in [2.05, 4.69) is 49.2 Å². The number of carbonyl (C=O) groups excluding carboxylic acids is 1. The quantitative estimate of drug-likeness (QED) is 0.611. The summed E-state index contributed by atoms with van der Waals surface area (Å²) in [6.07, 6.45) is 9.61. The minimum atomic E-state index is -0.232. The first-order chi connectivity index (χ1) is 16.6. The highest BCUT2D eigenvalue weighted by Gasteiger charge is 2.32. The Morgan fingerprint density at radius 3 is 2.62 bits per heavy atom. The van der Waals surface area contributed by atoms with Gasteiger partial charge in [0.15, 0.2) is 0 Å². The number of nitrogens with zero attached hydrogens (tertiary/aromatic N) is 2. The van der Waals surface area contributed by atoms with Crippen LogP contribution in [0.25, 0.3) is 6.08 Å². The fourth-order valence-electron chi connectivity index (χ4n) is 5.15.